The van der Waals surface area contributed by atoms with Crippen LogP contribution in [0.3, 0.4) is 0 Å². The highest BCUT2D eigenvalue weighted by Gasteiger charge is 2.14. The van der Waals surface area contributed by atoms with Gasteiger partial charge < -0.3 is 24.8 Å². The number of nitrogens with zero attached hydrogens (tertiary/aromatic N) is 3. The Hall–Kier alpha value is -1.41. The first-order chi connectivity index (χ1) is 9.71. The first-order valence-corrected chi connectivity index (χ1v) is 6.65. The van der Waals surface area contributed by atoms with Crippen molar-refractivity contribution in [3.63, 3.8) is 0 Å². The van der Waals surface area contributed by atoms with Crippen molar-refractivity contribution in [3.05, 3.63) is 17.5 Å². The van der Waals surface area contributed by atoms with Crippen LogP contribution < -0.4 is 5.32 Å². The number of ether oxygens (including phenoxy) is 1. The van der Waals surface area contributed by atoms with E-state index in [1.807, 2.05) is 6.92 Å². The molecule has 3 N–H and O–H groups in total. The van der Waals surface area contributed by atoms with Gasteiger partial charge in [-0.3, -0.25) is 0 Å². The van der Waals surface area contributed by atoms with Gasteiger partial charge in [-0.2, -0.15) is 0 Å². The topological polar surface area (TPSA) is 92.4 Å². The van der Waals surface area contributed by atoms with Crippen molar-refractivity contribution in [2.24, 2.45) is 0 Å². The van der Waals surface area contributed by atoms with Crippen molar-refractivity contribution >= 4 is 28.5 Å². The van der Waals surface area contributed by atoms with E-state index in [0.29, 0.717) is 16.5 Å². The third-order valence-corrected chi connectivity index (χ3v) is 3.09. The lowest BCUT2D eigenvalue weighted by atomic mass is 10.4. The molecule has 0 unspecified atom stereocenters. The number of halogens is 1. The summed E-state index contributed by atoms with van der Waals surface area (Å²) in [5.74, 6) is 0.669. The summed E-state index contributed by atoms with van der Waals surface area (Å²) in [7, 11) is 0. The lowest BCUT2D eigenvalue weighted by Crippen LogP contribution is -2.23. The molecule has 2 aromatic rings. The van der Waals surface area contributed by atoms with Crippen LogP contribution in [0.5, 0.6) is 0 Å². The Morgan fingerprint density at radius 2 is 2.15 bits per heavy atom. The first kappa shape index (κ1) is 15.0. The molecule has 0 aliphatic carbocycles. The molecule has 110 valence electrons. The molecule has 0 saturated carbocycles. The van der Waals surface area contributed by atoms with E-state index in [1.165, 1.54) is 6.33 Å². The zero-order chi connectivity index (χ0) is 14.5. The van der Waals surface area contributed by atoms with E-state index in [0.717, 1.165) is 11.9 Å². The Kier molecular flexibility index (Phi) is 5.13. The second-order valence-electron chi connectivity index (χ2n) is 4.18. The summed E-state index contributed by atoms with van der Waals surface area (Å²) in [5, 5.41) is 22.3. The average molecular weight is 301 g/mol. The molecule has 0 aromatic carbocycles. The molecule has 0 spiro atoms. The Morgan fingerprint density at radius 3 is 2.80 bits per heavy atom. The highest BCUT2D eigenvalue weighted by atomic mass is 35.5. The lowest BCUT2D eigenvalue weighted by Gasteiger charge is -2.13. The summed E-state index contributed by atoms with van der Waals surface area (Å²) < 4.78 is 7.08. The zero-order valence-electron chi connectivity index (χ0n) is 11.1. The normalized spacial score (nSPS) is 11.4. The molecule has 20 heavy (non-hydrogen) atoms. The van der Waals surface area contributed by atoms with Crippen LogP contribution in [0.25, 0.3) is 11.0 Å². The molecule has 0 aliphatic rings. The standard InChI is InChI=1S/C12H17ClN4O3/c1-2-14-11-10-9(13)3-17(12(10)16-6-15-11)7-20-8(4-18)5-19/h3,6,8,18-19H,2,4-5,7H2,1H3,(H,14,15,16). The van der Waals surface area contributed by atoms with Gasteiger partial charge in [0.15, 0.2) is 0 Å². The molecule has 0 amide bonds. The van der Waals surface area contributed by atoms with E-state index in [9.17, 15) is 0 Å². The van der Waals surface area contributed by atoms with E-state index < -0.39 is 6.10 Å². The van der Waals surface area contributed by atoms with Gasteiger partial charge in [-0.25, -0.2) is 9.97 Å². The number of anilines is 1. The Bertz CT molecular complexity index is 571. The largest absolute Gasteiger partial charge is 0.394 e. The fourth-order valence-electron chi connectivity index (χ4n) is 1.83. The first-order valence-electron chi connectivity index (χ1n) is 6.27. The summed E-state index contributed by atoms with van der Waals surface area (Å²) >= 11 is 6.21. The highest BCUT2D eigenvalue weighted by molar-refractivity contribution is 6.36. The van der Waals surface area contributed by atoms with Crippen LogP contribution in [-0.4, -0.2) is 50.6 Å². The van der Waals surface area contributed by atoms with Crippen molar-refractivity contribution in [1.82, 2.24) is 14.5 Å². The minimum atomic E-state index is -0.624. The molecular weight excluding hydrogens is 284 g/mol. The molecule has 2 heterocycles. The maximum absolute atomic E-state index is 8.98. The maximum atomic E-state index is 8.98. The summed E-state index contributed by atoms with van der Waals surface area (Å²) in [6.45, 7) is 2.33. The number of hydrogen-bond acceptors (Lipinski definition) is 6. The predicted octanol–water partition coefficient (Wildman–Crippen LogP) is 0.844. The molecule has 0 fully saturated rings. The Morgan fingerprint density at radius 1 is 1.40 bits per heavy atom. The van der Waals surface area contributed by atoms with Crippen molar-refractivity contribution in [3.8, 4) is 0 Å². The van der Waals surface area contributed by atoms with Crippen LogP contribution >= 0.6 is 11.6 Å². The van der Waals surface area contributed by atoms with E-state index in [1.54, 1.807) is 10.8 Å². The number of nitrogens with one attached hydrogen (secondary N) is 1. The summed E-state index contributed by atoms with van der Waals surface area (Å²) in [6, 6.07) is 0. The number of aliphatic hydroxyl groups is 2. The van der Waals surface area contributed by atoms with Crippen LogP contribution in [-0.2, 0) is 11.5 Å². The van der Waals surface area contributed by atoms with Gasteiger partial charge in [-0.05, 0) is 6.92 Å². The van der Waals surface area contributed by atoms with E-state index >= 15 is 0 Å². The fraction of sp³-hybridized carbons (Fsp3) is 0.500. The van der Waals surface area contributed by atoms with Gasteiger partial charge >= 0.3 is 0 Å². The smallest absolute Gasteiger partial charge is 0.148 e. The third-order valence-electron chi connectivity index (χ3n) is 2.81. The minimum absolute atomic E-state index is 0.136. The SMILES string of the molecule is CCNc1ncnc2c1c(Cl)cn2COC(CO)CO. The van der Waals surface area contributed by atoms with Crippen LogP contribution in [0.4, 0.5) is 5.82 Å². The lowest BCUT2D eigenvalue weighted by molar-refractivity contribution is -0.0486. The molecule has 7 nitrogen and oxygen atoms in total. The minimum Gasteiger partial charge on any atom is -0.394 e. The van der Waals surface area contributed by atoms with Crippen molar-refractivity contribution < 1.29 is 14.9 Å². The monoisotopic (exact) mass is 300 g/mol. The van der Waals surface area contributed by atoms with Gasteiger partial charge in [0.1, 0.15) is 30.6 Å². The van der Waals surface area contributed by atoms with Gasteiger partial charge in [0, 0.05) is 12.7 Å². The van der Waals surface area contributed by atoms with E-state index in [4.69, 9.17) is 26.6 Å². The van der Waals surface area contributed by atoms with Crippen LogP contribution in [0, 0.1) is 0 Å². The van der Waals surface area contributed by atoms with Crippen molar-refractivity contribution in [2.45, 2.75) is 19.8 Å². The Balaban J connectivity index is 2.29. The maximum Gasteiger partial charge on any atom is 0.148 e. The second-order valence-corrected chi connectivity index (χ2v) is 4.59. The molecule has 2 aromatic heterocycles. The van der Waals surface area contributed by atoms with Crippen LogP contribution in [0.15, 0.2) is 12.5 Å². The fourth-order valence-corrected chi connectivity index (χ4v) is 2.12. The zero-order valence-corrected chi connectivity index (χ0v) is 11.8. The molecule has 2 rings (SSSR count). The third kappa shape index (κ3) is 3.01. The number of aromatic nitrogens is 3. The molecule has 0 aliphatic heterocycles. The Labute approximate surface area is 121 Å². The number of hydrogen-bond donors (Lipinski definition) is 3. The van der Waals surface area contributed by atoms with Gasteiger partial charge in [-0.1, -0.05) is 11.6 Å². The number of fused-ring (bicyclic) bond motifs is 1. The highest BCUT2D eigenvalue weighted by Crippen LogP contribution is 2.29. The quantitative estimate of drug-likeness (QED) is 0.702. The van der Waals surface area contributed by atoms with Crippen molar-refractivity contribution in [2.75, 3.05) is 25.1 Å². The molecular formula is C12H17ClN4O3. The van der Waals surface area contributed by atoms with Gasteiger partial charge in [0.2, 0.25) is 0 Å². The summed E-state index contributed by atoms with van der Waals surface area (Å²) in [5.41, 5.74) is 0.635. The van der Waals surface area contributed by atoms with Gasteiger partial charge in [-0.15, -0.1) is 0 Å². The summed E-state index contributed by atoms with van der Waals surface area (Å²) in [4.78, 5) is 8.35. The average Bonchev–Trinajstić information content (AvgIpc) is 2.78. The summed E-state index contributed by atoms with van der Waals surface area (Å²) in [6.07, 6.45) is 2.51. The van der Waals surface area contributed by atoms with Crippen LogP contribution in [0.1, 0.15) is 6.92 Å². The van der Waals surface area contributed by atoms with Gasteiger partial charge in [0.05, 0.1) is 23.6 Å². The van der Waals surface area contributed by atoms with E-state index in [2.05, 4.69) is 15.3 Å². The molecule has 0 atom stereocenters. The van der Waals surface area contributed by atoms with E-state index in [-0.39, 0.29) is 19.9 Å². The molecule has 0 saturated heterocycles. The van der Waals surface area contributed by atoms with Crippen molar-refractivity contribution in [1.29, 1.82) is 0 Å². The number of rotatable bonds is 7. The number of aliphatic hydroxyl groups excluding tert-OH is 2. The predicted molar refractivity (Wildman–Crippen MR) is 75.7 cm³/mol. The van der Waals surface area contributed by atoms with Gasteiger partial charge in [0.25, 0.3) is 0 Å². The molecule has 0 radical (unpaired) electrons. The second kappa shape index (κ2) is 6.85. The van der Waals surface area contributed by atoms with Crippen LogP contribution in [0.2, 0.25) is 5.02 Å². The molecule has 8 heteroatoms. The molecule has 0 bridgehead atoms.